The number of hydrogen-bond acceptors (Lipinski definition) is 4. The lowest BCUT2D eigenvalue weighted by Crippen LogP contribution is -2.48. The second kappa shape index (κ2) is 7.06. The molecule has 2 atom stereocenters. The van der Waals surface area contributed by atoms with E-state index in [9.17, 15) is 4.79 Å². The molecule has 0 radical (unpaired) electrons. The summed E-state index contributed by atoms with van der Waals surface area (Å²) in [6.07, 6.45) is 0.531. The summed E-state index contributed by atoms with van der Waals surface area (Å²) in [6, 6.07) is 3.78. The number of ether oxygens (including phenoxy) is 1. The summed E-state index contributed by atoms with van der Waals surface area (Å²) in [6.45, 7) is 9.55. The number of nitrogens with zero attached hydrogens (tertiary/aromatic N) is 1. The second-order valence-corrected chi connectivity index (χ2v) is 6.60. The van der Waals surface area contributed by atoms with Crippen molar-refractivity contribution in [3.05, 3.63) is 17.0 Å². The number of hydrogen-bond donors (Lipinski definition) is 2. The Hall–Kier alpha value is -1.11. The highest BCUT2D eigenvalue weighted by molar-refractivity contribution is 7.16. The Morgan fingerprint density at radius 3 is 2.70 bits per heavy atom. The van der Waals surface area contributed by atoms with Gasteiger partial charge < -0.3 is 10.1 Å². The topological polar surface area (TPSA) is 53.6 Å². The minimum absolute atomic E-state index is 0.138. The molecule has 2 amide bonds. The Balaban J connectivity index is 1.66. The largest absolute Gasteiger partial charge is 0.373 e. The molecule has 2 rings (SSSR count). The highest BCUT2D eigenvalue weighted by atomic mass is 32.1. The molecule has 112 valence electrons. The van der Waals surface area contributed by atoms with Crippen LogP contribution in [0.4, 0.5) is 9.80 Å². The molecule has 2 N–H and O–H groups in total. The van der Waals surface area contributed by atoms with Gasteiger partial charge >= 0.3 is 6.03 Å². The van der Waals surface area contributed by atoms with E-state index in [1.807, 2.05) is 19.1 Å². The van der Waals surface area contributed by atoms with Crippen molar-refractivity contribution in [1.29, 1.82) is 0 Å². The fraction of sp³-hybridized carbons (Fsp3) is 0.643. The monoisotopic (exact) mass is 297 g/mol. The number of amides is 2. The summed E-state index contributed by atoms with van der Waals surface area (Å²) in [7, 11) is 0. The first kappa shape index (κ1) is 15.3. The first-order valence-corrected chi connectivity index (χ1v) is 7.83. The van der Waals surface area contributed by atoms with E-state index in [1.54, 1.807) is 11.3 Å². The molecule has 0 aromatic carbocycles. The van der Waals surface area contributed by atoms with Crippen LogP contribution < -0.4 is 10.6 Å². The molecule has 1 saturated heterocycles. The first-order chi connectivity index (χ1) is 9.52. The third kappa shape index (κ3) is 4.77. The molecule has 2 heterocycles. The number of carbonyl (C=O) groups excluding carboxylic acids is 1. The lowest BCUT2D eigenvalue weighted by atomic mass is 10.2. The SMILES string of the molecule is Cc1ccc(NC(=O)NCCN2CC(C)OC(C)C2)s1. The molecule has 0 spiro atoms. The van der Waals surface area contributed by atoms with E-state index < -0.39 is 0 Å². The van der Waals surface area contributed by atoms with Crippen LogP contribution in [0.5, 0.6) is 0 Å². The van der Waals surface area contributed by atoms with Crippen molar-refractivity contribution in [3.63, 3.8) is 0 Å². The van der Waals surface area contributed by atoms with Crippen LogP contribution in [-0.4, -0.2) is 49.3 Å². The number of morpholine rings is 1. The average Bonchev–Trinajstić information content (AvgIpc) is 2.73. The number of anilines is 1. The second-order valence-electron chi connectivity index (χ2n) is 5.31. The van der Waals surface area contributed by atoms with Gasteiger partial charge in [-0.05, 0) is 32.9 Å². The van der Waals surface area contributed by atoms with Crippen LogP contribution in [0.2, 0.25) is 0 Å². The maximum atomic E-state index is 11.7. The van der Waals surface area contributed by atoms with E-state index in [0.717, 1.165) is 24.6 Å². The highest BCUT2D eigenvalue weighted by Gasteiger charge is 2.21. The predicted molar refractivity (Wildman–Crippen MR) is 82.5 cm³/mol. The number of rotatable bonds is 4. The molecule has 1 fully saturated rings. The Labute approximate surface area is 124 Å². The molecule has 6 heteroatoms. The first-order valence-electron chi connectivity index (χ1n) is 7.02. The summed E-state index contributed by atoms with van der Waals surface area (Å²) < 4.78 is 5.69. The molecule has 0 saturated carbocycles. The van der Waals surface area contributed by atoms with E-state index in [2.05, 4.69) is 29.4 Å². The van der Waals surface area contributed by atoms with Crippen LogP contribution in [0.3, 0.4) is 0 Å². The van der Waals surface area contributed by atoms with Crippen LogP contribution in [0.25, 0.3) is 0 Å². The molecule has 5 nitrogen and oxygen atoms in total. The number of carbonyl (C=O) groups is 1. The van der Waals surface area contributed by atoms with Gasteiger partial charge in [-0.2, -0.15) is 0 Å². The Morgan fingerprint density at radius 1 is 1.40 bits per heavy atom. The normalized spacial score (nSPS) is 23.6. The summed E-state index contributed by atoms with van der Waals surface area (Å²) in [4.78, 5) is 15.3. The molecule has 1 aromatic rings. The van der Waals surface area contributed by atoms with Gasteiger partial charge in [-0.1, -0.05) is 0 Å². The van der Waals surface area contributed by atoms with E-state index in [0.29, 0.717) is 6.54 Å². The van der Waals surface area contributed by atoms with E-state index in [-0.39, 0.29) is 18.2 Å². The maximum Gasteiger partial charge on any atom is 0.319 e. The number of urea groups is 1. The van der Waals surface area contributed by atoms with Crippen LogP contribution >= 0.6 is 11.3 Å². The van der Waals surface area contributed by atoms with Gasteiger partial charge in [0.15, 0.2) is 0 Å². The lowest BCUT2D eigenvalue weighted by molar-refractivity contribution is -0.0672. The summed E-state index contributed by atoms with van der Waals surface area (Å²) >= 11 is 1.58. The van der Waals surface area contributed by atoms with Gasteiger partial charge in [-0.15, -0.1) is 11.3 Å². The van der Waals surface area contributed by atoms with Crippen molar-refractivity contribution in [2.45, 2.75) is 33.0 Å². The Morgan fingerprint density at radius 2 is 2.10 bits per heavy atom. The minimum Gasteiger partial charge on any atom is -0.373 e. The smallest absolute Gasteiger partial charge is 0.319 e. The number of aryl methyl sites for hydroxylation is 1. The molecule has 0 aliphatic carbocycles. The number of thiophene rings is 1. The zero-order chi connectivity index (χ0) is 14.5. The van der Waals surface area contributed by atoms with Crippen molar-refractivity contribution < 1.29 is 9.53 Å². The maximum absolute atomic E-state index is 11.7. The van der Waals surface area contributed by atoms with Crippen molar-refractivity contribution in [3.8, 4) is 0 Å². The lowest BCUT2D eigenvalue weighted by Gasteiger charge is -2.35. The van der Waals surface area contributed by atoms with E-state index >= 15 is 0 Å². The molecular formula is C14H23N3O2S. The summed E-state index contributed by atoms with van der Waals surface area (Å²) in [5.41, 5.74) is 0. The zero-order valence-electron chi connectivity index (χ0n) is 12.3. The van der Waals surface area contributed by atoms with Crippen molar-refractivity contribution in [2.75, 3.05) is 31.5 Å². The van der Waals surface area contributed by atoms with E-state index in [4.69, 9.17) is 4.74 Å². The van der Waals surface area contributed by atoms with Gasteiger partial charge in [0.1, 0.15) is 0 Å². The fourth-order valence-electron chi connectivity index (χ4n) is 2.45. The van der Waals surface area contributed by atoms with Crippen LogP contribution in [0.15, 0.2) is 12.1 Å². The Kier molecular flexibility index (Phi) is 5.39. The fourth-order valence-corrected chi connectivity index (χ4v) is 3.22. The molecule has 1 aliphatic rings. The number of nitrogens with one attached hydrogen (secondary N) is 2. The van der Waals surface area contributed by atoms with Crippen molar-refractivity contribution >= 4 is 22.4 Å². The van der Waals surface area contributed by atoms with Crippen LogP contribution in [0.1, 0.15) is 18.7 Å². The van der Waals surface area contributed by atoms with Gasteiger partial charge in [0.2, 0.25) is 0 Å². The average molecular weight is 297 g/mol. The summed E-state index contributed by atoms with van der Waals surface area (Å²) in [5.74, 6) is 0. The van der Waals surface area contributed by atoms with Crippen molar-refractivity contribution in [2.24, 2.45) is 0 Å². The molecular weight excluding hydrogens is 274 g/mol. The molecule has 1 aliphatic heterocycles. The molecule has 1 aromatic heterocycles. The standard InChI is InChI=1S/C14H23N3O2S/c1-10-8-17(9-11(2)19-10)7-6-15-14(18)16-13-5-4-12(3)20-13/h4-5,10-11H,6-9H2,1-3H3,(H2,15,16,18). The molecule has 2 unspecified atom stereocenters. The quantitative estimate of drug-likeness (QED) is 0.896. The minimum atomic E-state index is -0.138. The van der Waals surface area contributed by atoms with Crippen LogP contribution in [0, 0.1) is 6.92 Å². The van der Waals surface area contributed by atoms with E-state index in [1.165, 1.54) is 4.88 Å². The predicted octanol–water partition coefficient (Wildman–Crippen LogP) is 2.29. The van der Waals surface area contributed by atoms with Gasteiger partial charge in [0.05, 0.1) is 17.2 Å². The third-order valence-corrected chi connectivity index (χ3v) is 4.10. The van der Waals surface area contributed by atoms with Gasteiger partial charge in [-0.25, -0.2) is 4.79 Å². The van der Waals surface area contributed by atoms with Gasteiger partial charge in [0, 0.05) is 31.1 Å². The molecule has 0 bridgehead atoms. The van der Waals surface area contributed by atoms with Gasteiger partial charge in [-0.3, -0.25) is 10.2 Å². The molecule has 20 heavy (non-hydrogen) atoms. The zero-order valence-corrected chi connectivity index (χ0v) is 13.1. The van der Waals surface area contributed by atoms with Crippen LogP contribution in [-0.2, 0) is 4.74 Å². The third-order valence-electron chi connectivity index (χ3n) is 3.19. The summed E-state index contributed by atoms with van der Waals surface area (Å²) in [5, 5.41) is 6.62. The highest BCUT2D eigenvalue weighted by Crippen LogP contribution is 2.20. The van der Waals surface area contributed by atoms with Crippen molar-refractivity contribution in [1.82, 2.24) is 10.2 Å². The van der Waals surface area contributed by atoms with Gasteiger partial charge in [0.25, 0.3) is 0 Å². The Bertz CT molecular complexity index is 439.